The summed E-state index contributed by atoms with van der Waals surface area (Å²) in [6.45, 7) is 3.84. The number of nitrogens with two attached hydrogens (primary N) is 1. The molecule has 1 aromatic heterocycles. The molecule has 2 N–H and O–H groups in total. The maximum atomic E-state index is 11.6. The van der Waals surface area contributed by atoms with Gasteiger partial charge < -0.3 is 15.2 Å². The summed E-state index contributed by atoms with van der Waals surface area (Å²) in [6, 6.07) is 4.48. The summed E-state index contributed by atoms with van der Waals surface area (Å²) in [6.07, 6.45) is 7.49. The molecule has 1 amide bonds. The van der Waals surface area contributed by atoms with E-state index in [1.807, 2.05) is 19.2 Å². The van der Waals surface area contributed by atoms with Crippen LogP contribution in [0.15, 0.2) is 18.3 Å². The Bertz CT molecular complexity index is 645. The number of ether oxygens (including phenoxy) is 2. The first kappa shape index (κ1) is 17.9. The van der Waals surface area contributed by atoms with Crippen molar-refractivity contribution in [3.05, 3.63) is 29.6 Å². The molecule has 0 unspecified atom stereocenters. The molecule has 1 saturated carbocycles. The van der Waals surface area contributed by atoms with E-state index < -0.39 is 5.91 Å². The normalized spacial score (nSPS) is 33.1. The van der Waals surface area contributed by atoms with E-state index in [4.69, 9.17) is 15.2 Å². The summed E-state index contributed by atoms with van der Waals surface area (Å²) in [7, 11) is 1.82. The predicted octanol–water partition coefficient (Wildman–Crippen LogP) is 1.93. The van der Waals surface area contributed by atoms with Crippen molar-refractivity contribution in [3.8, 4) is 0 Å². The highest BCUT2D eigenvalue weighted by Gasteiger charge is 2.54. The first-order valence-electron chi connectivity index (χ1n) is 9.78. The molecular formula is C20H29N3O3. The molecule has 1 aliphatic carbocycles. The van der Waals surface area contributed by atoms with Crippen LogP contribution in [0.25, 0.3) is 0 Å². The average Bonchev–Trinajstić information content (AvgIpc) is 2.67. The van der Waals surface area contributed by atoms with Crippen molar-refractivity contribution in [2.75, 3.05) is 33.4 Å². The molecule has 6 nitrogen and oxygen atoms in total. The highest BCUT2D eigenvalue weighted by molar-refractivity contribution is 5.90. The van der Waals surface area contributed by atoms with Crippen LogP contribution >= 0.6 is 0 Å². The Kier molecular flexibility index (Phi) is 4.99. The molecule has 6 heteroatoms. The smallest absolute Gasteiger partial charge is 0.267 e. The molecule has 3 aliphatic rings. The molecule has 2 saturated heterocycles. The molecule has 3 heterocycles. The van der Waals surface area contributed by atoms with Gasteiger partial charge in [0.25, 0.3) is 5.91 Å². The lowest BCUT2D eigenvalue weighted by molar-refractivity contribution is -0.177. The number of hydrogen-bond donors (Lipinski definition) is 1. The number of aromatic nitrogens is 1. The second kappa shape index (κ2) is 7.25. The fourth-order valence-corrected chi connectivity index (χ4v) is 5.55. The van der Waals surface area contributed by atoms with Gasteiger partial charge in [-0.15, -0.1) is 0 Å². The van der Waals surface area contributed by atoms with Crippen LogP contribution in [-0.2, 0) is 15.1 Å². The van der Waals surface area contributed by atoms with Gasteiger partial charge in [0.05, 0.1) is 0 Å². The topological polar surface area (TPSA) is 77.7 Å². The highest BCUT2D eigenvalue weighted by atomic mass is 16.5. The van der Waals surface area contributed by atoms with E-state index in [1.54, 1.807) is 6.20 Å². The second-order valence-electron chi connectivity index (χ2n) is 7.91. The first-order valence-corrected chi connectivity index (χ1v) is 9.78. The van der Waals surface area contributed by atoms with Crippen molar-refractivity contribution in [2.24, 2.45) is 17.6 Å². The van der Waals surface area contributed by atoms with E-state index in [0.717, 1.165) is 57.6 Å². The minimum atomic E-state index is -0.483. The predicted molar refractivity (Wildman–Crippen MR) is 97.7 cm³/mol. The number of fused-ring (bicyclic) bond motifs is 2. The number of carbonyl (C=O) groups is 1. The number of pyridine rings is 1. The number of piperidine rings is 1. The third kappa shape index (κ3) is 2.94. The number of likely N-dealkylation sites (tertiary alicyclic amines) is 1. The van der Waals surface area contributed by atoms with Gasteiger partial charge in [0.2, 0.25) is 0 Å². The lowest BCUT2D eigenvalue weighted by atomic mass is 9.62. The lowest BCUT2D eigenvalue weighted by Crippen LogP contribution is -2.61. The quantitative estimate of drug-likeness (QED) is 0.889. The summed E-state index contributed by atoms with van der Waals surface area (Å²) in [5.74, 6) is 0.361. The zero-order chi connectivity index (χ0) is 18.1. The van der Waals surface area contributed by atoms with Crippen molar-refractivity contribution in [1.29, 1.82) is 0 Å². The molecule has 4 rings (SSSR count). The van der Waals surface area contributed by atoms with E-state index >= 15 is 0 Å². The Morgan fingerprint density at radius 3 is 2.58 bits per heavy atom. The molecule has 0 radical (unpaired) electrons. The van der Waals surface area contributed by atoms with E-state index in [0.29, 0.717) is 23.6 Å². The van der Waals surface area contributed by atoms with Crippen LogP contribution in [-0.4, -0.2) is 55.2 Å². The van der Waals surface area contributed by atoms with Gasteiger partial charge in [-0.05, 0) is 43.4 Å². The largest absolute Gasteiger partial charge is 0.381 e. The summed E-state index contributed by atoms with van der Waals surface area (Å²) < 4.78 is 11.8. The third-order valence-corrected chi connectivity index (χ3v) is 6.74. The van der Waals surface area contributed by atoms with Crippen molar-refractivity contribution in [1.82, 2.24) is 9.88 Å². The van der Waals surface area contributed by atoms with Crippen LogP contribution in [0, 0.1) is 11.8 Å². The zero-order valence-corrected chi connectivity index (χ0v) is 15.5. The van der Waals surface area contributed by atoms with Crippen molar-refractivity contribution >= 4 is 5.91 Å². The van der Waals surface area contributed by atoms with E-state index in [9.17, 15) is 4.79 Å². The van der Waals surface area contributed by atoms with Gasteiger partial charge in [-0.25, -0.2) is 0 Å². The fourth-order valence-electron chi connectivity index (χ4n) is 5.55. The second-order valence-corrected chi connectivity index (χ2v) is 7.91. The molecule has 1 aromatic rings. The van der Waals surface area contributed by atoms with Gasteiger partial charge in [0.15, 0.2) is 0 Å². The monoisotopic (exact) mass is 359 g/mol. The van der Waals surface area contributed by atoms with Crippen LogP contribution < -0.4 is 5.73 Å². The molecule has 0 aromatic carbocycles. The molecule has 26 heavy (non-hydrogen) atoms. The Hall–Kier alpha value is -1.50. The summed E-state index contributed by atoms with van der Waals surface area (Å²) in [5.41, 5.74) is 6.51. The van der Waals surface area contributed by atoms with Crippen LogP contribution in [0.5, 0.6) is 0 Å². The minimum Gasteiger partial charge on any atom is -0.381 e. The highest BCUT2D eigenvalue weighted by Crippen LogP contribution is 2.52. The zero-order valence-electron chi connectivity index (χ0n) is 15.5. The van der Waals surface area contributed by atoms with Crippen LogP contribution in [0.4, 0.5) is 0 Å². The van der Waals surface area contributed by atoms with E-state index in [2.05, 4.69) is 9.88 Å². The number of primary amides is 1. The van der Waals surface area contributed by atoms with E-state index in [-0.39, 0.29) is 5.60 Å². The Morgan fingerprint density at radius 2 is 1.96 bits per heavy atom. The molecule has 142 valence electrons. The molecule has 0 spiro atoms. The van der Waals surface area contributed by atoms with Gasteiger partial charge >= 0.3 is 0 Å². The standard InChI is InChI=1S/C20H29N3O3/c1-25-20(14-5-8-22-18(11-14)19(21)24)15-3-2-4-16(20)13-23(12-15)17-6-9-26-10-7-17/h5,8,11,15-17H,2-4,6-7,9-10,12-13H2,1H3,(H2,21,24)/t15-,16+,20+. The Balaban J connectivity index is 1.66. The number of nitrogens with zero attached hydrogens (tertiary/aromatic N) is 2. The summed E-state index contributed by atoms with van der Waals surface area (Å²) >= 11 is 0. The van der Waals surface area contributed by atoms with Crippen LogP contribution in [0.1, 0.15) is 48.2 Å². The number of carbonyl (C=O) groups excluding carboxylic acids is 1. The molecule has 2 bridgehead atoms. The van der Waals surface area contributed by atoms with Crippen LogP contribution in [0.3, 0.4) is 0 Å². The van der Waals surface area contributed by atoms with Gasteiger partial charge in [0.1, 0.15) is 11.3 Å². The molecule has 3 fully saturated rings. The summed E-state index contributed by atoms with van der Waals surface area (Å²) in [4.78, 5) is 18.4. The van der Waals surface area contributed by atoms with E-state index in [1.165, 1.54) is 6.42 Å². The molecule has 3 atom stereocenters. The Labute approximate surface area is 155 Å². The number of methoxy groups -OCH3 is 1. The Morgan fingerprint density at radius 1 is 1.27 bits per heavy atom. The van der Waals surface area contributed by atoms with Crippen molar-refractivity contribution in [3.63, 3.8) is 0 Å². The van der Waals surface area contributed by atoms with Crippen molar-refractivity contribution in [2.45, 2.75) is 43.7 Å². The molecular weight excluding hydrogens is 330 g/mol. The first-order chi connectivity index (χ1) is 12.6. The SMILES string of the molecule is CO[C@@]1(c2ccnc(C(N)=O)c2)[C@@H]2CCC[C@H]1CN(C1CCOCC1)C2. The van der Waals surface area contributed by atoms with Gasteiger partial charge in [-0.2, -0.15) is 0 Å². The number of rotatable bonds is 4. The van der Waals surface area contributed by atoms with Crippen LogP contribution in [0.2, 0.25) is 0 Å². The van der Waals surface area contributed by atoms with Gasteiger partial charge in [-0.3, -0.25) is 14.7 Å². The van der Waals surface area contributed by atoms with Gasteiger partial charge in [-0.1, -0.05) is 6.42 Å². The maximum Gasteiger partial charge on any atom is 0.267 e. The number of hydrogen-bond acceptors (Lipinski definition) is 5. The maximum absolute atomic E-state index is 11.6. The molecule has 2 aliphatic heterocycles. The average molecular weight is 359 g/mol. The lowest BCUT2D eigenvalue weighted by Gasteiger charge is -2.57. The third-order valence-electron chi connectivity index (χ3n) is 6.74. The summed E-state index contributed by atoms with van der Waals surface area (Å²) in [5, 5.41) is 0. The van der Waals surface area contributed by atoms with Crippen molar-refractivity contribution < 1.29 is 14.3 Å². The van der Waals surface area contributed by atoms with Gasteiger partial charge in [0, 0.05) is 57.5 Å². The minimum absolute atomic E-state index is 0.323. The fraction of sp³-hybridized carbons (Fsp3) is 0.700. The number of amides is 1.